The van der Waals surface area contributed by atoms with E-state index in [1.54, 1.807) is 4.68 Å². The molecule has 3 nitrogen and oxygen atoms in total. The van der Waals surface area contributed by atoms with E-state index in [1.807, 2.05) is 19.2 Å². The number of benzene rings is 1. The lowest BCUT2D eigenvalue weighted by molar-refractivity contribution is 0.549. The predicted octanol–water partition coefficient (Wildman–Crippen LogP) is 5.12. The summed E-state index contributed by atoms with van der Waals surface area (Å²) in [4.78, 5) is 0. The lowest BCUT2D eigenvalue weighted by Crippen LogP contribution is -2.01. The van der Waals surface area contributed by atoms with Gasteiger partial charge in [-0.2, -0.15) is 5.10 Å². The quantitative estimate of drug-likeness (QED) is 0.786. The van der Waals surface area contributed by atoms with Crippen molar-refractivity contribution in [3.8, 4) is 11.1 Å². The van der Waals surface area contributed by atoms with E-state index < -0.39 is 0 Å². The Hall–Kier alpha value is -1.29. The summed E-state index contributed by atoms with van der Waals surface area (Å²) in [6.45, 7) is 4.46. The van der Waals surface area contributed by atoms with Gasteiger partial charge in [-0.15, -0.1) is 0 Å². The number of nitrogens with zero attached hydrogens (tertiary/aromatic N) is 2. The van der Waals surface area contributed by atoms with Gasteiger partial charge in [0.05, 0.1) is 5.69 Å². The van der Waals surface area contributed by atoms with Gasteiger partial charge < -0.3 is 5.73 Å². The monoisotopic (exact) mass is 349 g/mol. The Morgan fingerprint density at radius 1 is 1.29 bits per heavy atom. The Bertz CT molecular complexity index is 604. The number of hydrogen-bond acceptors (Lipinski definition) is 2. The van der Waals surface area contributed by atoms with Crippen LogP contribution in [0.3, 0.4) is 0 Å². The number of aryl methyl sites for hydroxylation is 1. The van der Waals surface area contributed by atoms with E-state index in [0.29, 0.717) is 5.92 Å². The van der Waals surface area contributed by atoms with Gasteiger partial charge in [0.2, 0.25) is 0 Å². The number of nitrogen functional groups attached to an aromatic ring is 1. The van der Waals surface area contributed by atoms with Gasteiger partial charge in [-0.25, -0.2) is 0 Å². The number of nitrogens with two attached hydrogens (primary N) is 1. The summed E-state index contributed by atoms with van der Waals surface area (Å²) < 4.78 is 2.87. The second-order valence-corrected chi connectivity index (χ2v) is 6.35. The zero-order valence-electron chi connectivity index (χ0n) is 13.1. The molecule has 0 bridgehead atoms. The molecule has 114 valence electrons. The number of halogens is 1. The number of aromatic nitrogens is 2. The molecule has 2 rings (SSSR count). The Morgan fingerprint density at radius 3 is 2.62 bits per heavy atom. The zero-order chi connectivity index (χ0) is 15.4. The van der Waals surface area contributed by atoms with E-state index in [0.717, 1.165) is 33.5 Å². The predicted molar refractivity (Wildman–Crippen MR) is 93.3 cm³/mol. The summed E-state index contributed by atoms with van der Waals surface area (Å²) in [5, 5.41) is 4.72. The van der Waals surface area contributed by atoms with E-state index in [1.165, 1.54) is 19.3 Å². The molecule has 1 heterocycles. The van der Waals surface area contributed by atoms with E-state index >= 15 is 0 Å². The van der Waals surface area contributed by atoms with Crippen molar-refractivity contribution in [3.05, 3.63) is 34.4 Å². The van der Waals surface area contributed by atoms with Gasteiger partial charge in [0, 0.05) is 28.6 Å². The van der Waals surface area contributed by atoms with Crippen LogP contribution in [0.4, 0.5) is 5.82 Å². The van der Waals surface area contributed by atoms with Crippen molar-refractivity contribution in [2.24, 2.45) is 7.05 Å². The highest BCUT2D eigenvalue weighted by molar-refractivity contribution is 9.10. The molecule has 0 aliphatic carbocycles. The summed E-state index contributed by atoms with van der Waals surface area (Å²) in [7, 11) is 1.92. The molecule has 2 N–H and O–H groups in total. The molecule has 0 aliphatic rings. The van der Waals surface area contributed by atoms with Crippen molar-refractivity contribution < 1.29 is 0 Å². The maximum Gasteiger partial charge on any atom is 0.129 e. The zero-order valence-corrected chi connectivity index (χ0v) is 14.7. The van der Waals surface area contributed by atoms with Crippen molar-refractivity contribution >= 4 is 21.7 Å². The van der Waals surface area contributed by atoms with Crippen molar-refractivity contribution in [2.45, 2.75) is 45.4 Å². The summed E-state index contributed by atoms with van der Waals surface area (Å²) in [6.07, 6.45) is 4.70. The maximum atomic E-state index is 6.31. The molecule has 0 aliphatic heterocycles. The van der Waals surface area contributed by atoms with E-state index in [9.17, 15) is 0 Å². The minimum absolute atomic E-state index is 0.468. The molecule has 2 aromatic rings. The second-order valence-electron chi connectivity index (χ2n) is 5.50. The molecule has 1 unspecified atom stereocenters. The first-order chi connectivity index (χ1) is 10.1. The van der Waals surface area contributed by atoms with Gasteiger partial charge in [-0.3, -0.25) is 4.68 Å². The standard InChI is InChI=1S/C17H24BrN3/c1-4-6-9-12(5-2)16-15(17(19)21(3)20-16)13-10-7-8-11-14(13)18/h7-8,10-12H,4-6,9,19H2,1-3H3. The van der Waals surface area contributed by atoms with Crippen molar-refractivity contribution in [1.82, 2.24) is 9.78 Å². The molecule has 1 aromatic heterocycles. The van der Waals surface area contributed by atoms with Crippen LogP contribution in [0.25, 0.3) is 11.1 Å². The molecule has 0 amide bonds. The van der Waals surface area contributed by atoms with Crippen LogP contribution >= 0.6 is 15.9 Å². The Balaban J connectivity index is 2.52. The van der Waals surface area contributed by atoms with Gasteiger partial charge in [-0.05, 0) is 18.9 Å². The minimum Gasteiger partial charge on any atom is -0.383 e. The first kappa shape index (κ1) is 16.1. The summed E-state index contributed by atoms with van der Waals surface area (Å²) in [6, 6.07) is 8.23. The van der Waals surface area contributed by atoms with Crippen LogP contribution < -0.4 is 5.73 Å². The van der Waals surface area contributed by atoms with Gasteiger partial charge in [0.25, 0.3) is 0 Å². The Labute approximate surface area is 135 Å². The molecule has 0 fully saturated rings. The Kier molecular flexibility index (Phi) is 5.45. The molecule has 0 radical (unpaired) electrons. The normalized spacial score (nSPS) is 12.6. The highest BCUT2D eigenvalue weighted by atomic mass is 79.9. The van der Waals surface area contributed by atoms with Crippen LogP contribution in [0.2, 0.25) is 0 Å². The third-order valence-corrected chi connectivity index (χ3v) is 4.74. The topological polar surface area (TPSA) is 43.8 Å². The third kappa shape index (κ3) is 3.31. The number of anilines is 1. The fraction of sp³-hybridized carbons (Fsp3) is 0.471. The van der Waals surface area contributed by atoms with Crippen molar-refractivity contribution in [3.63, 3.8) is 0 Å². The molecular weight excluding hydrogens is 326 g/mol. The van der Waals surface area contributed by atoms with Crippen LogP contribution in [0.5, 0.6) is 0 Å². The van der Waals surface area contributed by atoms with Gasteiger partial charge in [-0.1, -0.05) is 60.8 Å². The first-order valence-corrected chi connectivity index (χ1v) is 8.46. The van der Waals surface area contributed by atoms with Crippen molar-refractivity contribution in [1.29, 1.82) is 0 Å². The van der Waals surface area contributed by atoms with Crippen molar-refractivity contribution in [2.75, 3.05) is 5.73 Å². The highest BCUT2D eigenvalue weighted by Gasteiger charge is 2.23. The third-order valence-electron chi connectivity index (χ3n) is 4.05. The number of unbranched alkanes of at least 4 members (excludes halogenated alkanes) is 1. The molecule has 1 atom stereocenters. The molecule has 1 aromatic carbocycles. The molecule has 0 saturated heterocycles. The average molecular weight is 350 g/mol. The summed E-state index contributed by atoms with van der Waals surface area (Å²) >= 11 is 3.64. The van der Waals surface area contributed by atoms with Gasteiger partial charge in [0.1, 0.15) is 5.82 Å². The lowest BCUT2D eigenvalue weighted by Gasteiger charge is -2.15. The molecule has 0 saturated carbocycles. The smallest absolute Gasteiger partial charge is 0.129 e. The fourth-order valence-electron chi connectivity index (χ4n) is 2.77. The molecule has 4 heteroatoms. The first-order valence-electron chi connectivity index (χ1n) is 7.67. The number of rotatable bonds is 6. The van der Waals surface area contributed by atoms with Crippen LogP contribution in [0, 0.1) is 0 Å². The summed E-state index contributed by atoms with van der Waals surface area (Å²) in [5.41, 5.74) is 9.67. The van der Waals surface area contributed by atoms with Crippen LogP contribution in [-0.2, 0) is 7.05 Å². The van der Waals surface area contributed by atoms with Crippen LogP contribution in [0.1, 0.15) is 51.1 Å². The lowest BCUT2D eigenvalue weighted by atomic mass is 9.91. The maximum absolute atomic E-state index is 6.31. The fourth-order valence-corrected chi connectivity index (χ4v) is 3.25. The molecular formula is C17H24BrN3. The summed E-state index contributed by atoms with van der Waals surface area (Å²) in [5.74, 6) is 1.21. The van der Waals surface area contributed by atoms with E-state index in [4.69, 9.17) is 10.8 Å². The second kappa shape index (κ2) is 7.12. The number of hydrogen-bond donors (Lipinski definition) is 1. The molecule has 0 spiro atoms. The average Bonchev–Trinajstić information content (AvgIpc) is 2.77. The van der Waals surface area contributed by atoms with Gasteiger partial charge in [0.15, 0.2) is 0 Å². The van der Waals surface area contributed by atoms with Crippen LogP contribution in [-0.4, -0.2) is 9.78 Å². The molecule has 21 heavy (non-hydrogen) atoms. The highest BCUT2D eigenvalue weighted by Crippen LogP contribution is 2.39. The minimum atomic E-state index is 0.468. The van der Waals surface area contributed by atoms with E-state index in [-0.39, 0.29) is 0 Å². The van der Waals surface area contributed by atoms with E-state index in [2.05, 4.69) is 41.9 Å². The Morgan fingerprint density at radius 2 is 2.00 bits per heavy atom. The SMILES string of the molecule is CCCCC(CC)c1nn(C)c(N)c1-c1ccccc1Br. The van der Waals surface area contributed by atoms with Gasteiger partial charge >= 0.3 is 0 Å². The largest absolute Gasteiger partial charge is 0.383 e. The van der Waals surface area contributed by atoms with Crippen LogP contribution in [0.15, 0.2) is 28.7 Å².